The molecule has 27 heavy (non-hydrogen) atoms. The van der Waals surface area contributed by atoms with Crippen LogP contribution in [0.15, 0.2) is 41.7 Å². The highest BCUT2D eigenvalue weighted by Crippen LogP contribution is 2.30. The molecule has 6 heteroatoms. The van der Waals surface area contributed by atoms with Crippen molar-refractivity contribution in [3.05, 3.63) is 53.6 Å². The Bertz CT molecular complexity index is 782. The smallest absolute Gasteiger partial charge is 0.192 e. The average Bonchev–Trinajstić information content (AvgIpc) is 3.38. The summed E-state index contributed by atoms with van der Waals surface area (Å²) in [5.74, 6) is 1.34. The lowest BCUT2D eigenvalue weighted by Crippen LogP contribution is -2.38. The molecule has 0 bridgehead atoms. The minimum Gasteiger partial charge on any atom is -0.490 e. The number of nitrogens with one attached hydrogen (secondary N) is 2. The lowest BCUT2D eigenvalue weighted by atomic mass is 10.1. The molecule has 1 aliphatic rings. The SMILES string of the molecule is CCNC(=NCc1ccn(C)c1)NC(C)c1ccc(OCC2CC2)c(F)c1. The van der Waals surface area contributed by atoms with Gasteiger partial charge in [0.1, 0.15) is 0 Å². The van der Waals surface area contributed by atoms with Crippen molar-refractivity contribution >= 4 is 5.96 Å². The lowest BCUT2D eigenvalue weighted by molar-refractivity contribution is 0.285. The van der Waals surface area contributed by atoms with Gasteiger partial charge in [-0.2, -0.15) is 0 Å². The van der Waals surface area contributed by atoms with Gasteiger partial charge in [0.15, 0.2) is 17.5 Å². The molecule has 1 unspecified atom stereocenters. The van der Waals surface area contributed by atoms with Gasteiger partial charge in [0, 0.05) is 26.0 Å². The first kappa shape index (κ1) is 19.3. The molecule has 0 spiro atoms. The summed E-state index contributed by atoms with van der Waals surface area (Å²) in [6, 6.07) is 7.14. The topological polar surface area (TPSA) is 50.6 Å². The summed E-state index contributed by atoms with van der Waals surface area (Å²) < 4.78 is 21.9. The van der Waals surface area contributed by atoms with E-state index in [1.165, 1.54) is 12.8 Å². The van der Waals surface area contributed by atoms with E-state index in [4.69, 9.17) is 4.74 Å². The summed E-state index contributed by atoms with van der Waals surface area (Å²) in [4.78, 5) is 4.62. The molecule has 1 saturated carbocycles. The summed E-state index contributed by atoms with van der Waals surface area (Å²) in [6.07, 6.45) is 6.43. The van der Waals surface area contributed by atoms with Gasteiger partial charge in [0.25, 0.3) is 0 Å². The molecule has 1 aromatic heterocycles. The van der Waals surface area contributed by atoms with E-state index in [9.17, 15) is 4.39 Å². The van der Waals surface area contributed by atoms with Crippen LogP contribution in [0.5, 0.6) is 5.75 Å². The van der Waals surface area contributed by atoms with Crippen LogP contribution in [0.2, 0.25) is 0 Å². The Labute approximate surface area is 160 Å². The third-order valence-corrected chi connectivity index (χ3v) is 4.64. The van der Waals surface area contributed by atoms with Gasteiger partial charge in [-0.05, 0) is 61.9 Å². The van der Waals surface area contributed by atoms with Gasteiger partial charge in [0.2, 0.25) is 0 Å². The van der Waals surface area contributed by atoms with Crippen LogP contribution in [-0.2, 0) is 13.6 Å². The number of halogens is 1. The maximum absolute atomic E-state index is 14.3. The molecule has 2 N–H and O–H groups in total. The molecule has 1 atom stereocenters. The quantitative estimate of drug-likeness (QED) is 0.548. The zero-order chi connectivity index (χ0) is 19.2. The molecule has 2 aromatic rings. The van der Waals surface area contributed by atoms with Gasteiger partial charge >= 0.3 is 0 Å². The van der Waals surface area contributed by atoms with Crippen LogP contribution < -0.4 is 15.4 Å². The van der Waals surface area contributed by atoms with Gasteiger partial charge in [-0.1, -0.05) is 6.07 Å². The summed E-state index contributed by atoms with van der Waals surface area (Å²) in [5.41, 5.74) is 2.00. The largest absolute Gasteiger partial charge is 0.490 e. The number of rotatable bonds is 8. The molecule has 1 aromatic carbocycles. The lowest BCUT2D eigenvalue weighted by Gasteiger charge is -2.19. The van der Waals surface area contributed by atoms with Gasteiger partial charge < -0.3 is 19.9 Å². The molecule has 0 saturated heterocycles. The number of aliphatic imine (C=N–C) groups is 1. The van der Waals surface area contributed by atoms with Crippen molar-refractivity contribution in [3.8, 4) is 5.75 Å². The molecular weight excluding hydrogens is 343 g/mol. The monoisotopic (exact) mass is 372 g/mol. The number of aryl methyl sites for hydroxylation is 1. The fourth-order valence-electron chi connectivity index (χ4n) is 2.83. The number of aromatic nitrogens is 1. The number of ether oxygens (including phenoxy) is 1. The first-order valence-electron chi connectivity index (χ1n) is 9.63. The predicted molar refractivity (Wildman–Crippen MR) is 106 cm³/mol. The van der Waals surface area contributed by atoms with Crippen LogP contribution in [0.25, 0.3) is 0 Å². The number of guanidine groups is 1. The Morgan fingerprint density at radius 3 is 2.81 bits per heavy atom. The van der Waals surface area contributed by atoms with E-state index in [-0.39, 0.29) is 11.9 Å². The first-order valence-corrected chi connectivity index (χ1v) is 9.63. The highest BCUT2D eigenvalue weighted by atomic mass is 19.1. The van der Waals surface area contributed by atoms with E-state index in [1.807, 2.05) is 50.0 Å². The Morgan fingerprint density at radius 2 is 2.19 bits per heavy atom. The molecule has 1 heterocycles. The van der Waals surface area contributed by atoms with Crippen LogP contribution in [0, 0.1) is 11.7 Å². The first-order chi connectivity index (χ1) is 13.0. The zero-order valence-electron chi connectivity index (χ0n) is 16.3. The summed E-state index contributed by atoms with van der Waals surface area (Å²) >= 11 is 0. The molecule has 146 valence electrons. The fraction of sp³-hybridized carbons (Fsp3) is 0.476. The normalized spacial score (nSPS) is 15.5. The third kappa shape index (κ3) is 5.74. The van der Waals surface area contributed by atoms with Crippen molar-refractivity contribution in [2.45, 2.75) is 39.3 Å². The highest BCUT2D eigenvalue weighted by molar-refractivity contribution is 5.80. The van der Waals surface area contributed by atoms with Crippen LogP contribution in [0.1, 0.15) is 43.9 Å². The third-order valence-electron chi connectivity index (χ3n) is 4.64. The van der Waals surface area contributed by atoms with Crippen LogP contribution >= 0.6 is 0 Å². The van der Waals surface area contributed by atoms with Gasteiger partial charge in [-0.15, -0.1) is 0 Å². The van der Waals surface area contributed by atoms with Crippen LogP contribution in [0.3, 0.4) is 0 Å². The molecule has 0 aliphatic heterocycles. The minimum absolute atomic E-state index is 0.0782. The summed E-state index contributed by atoms with van der Waals surface area (Å²) in [6.45, 7) is 5.98. The van der Waals surface area contributed by atoms with Crippen molar-refractivity contribution < 1.29 is 9.13 Å². The number of hydrogen-bond donors (Lipinski definition) is 2. The summed E-state index contributed by atoms with van der Waals surface area (Å²) in [7, 11) is 1.99. The second-order valence-corrected chi connectivity index (χ2v) is 7.19. The van der Waals surface area contributed by atoms with E-state index < -0.39 is 0 Å². The molecule has 1 aliphatic carbocycles. The maximum Gasteiger partial charge on any atom is 0.192 e. The van der Waals surface area contributed by atoms with Crippen LogP contribution in [0.4, 0.5) is 4.39 Å². The van der Waals surface area contributed by atoms with E-state index in [0.29, 0.717) is 30.8 Å². The Morgan fingerprint density at radius 1 is 1.37 bits per heavy atom. The van der Waals surface area contributed by atoms with E-state index in [0.717, 1.165) is 17.7 Å². The van der Waals surface area contributed by atoms with E-state index >= 15 is 0 Å². The minimum atomic E-state index is -0.312. The molecule has 3 rings (SSSR count). The Kier molecular flexibility index (Phi) is 6.37. The molecule has 0 radical (unpaired) electrons. The Hall–Kier alpha value is -2.50. The van der Waals surface area contributed by atoms with E-state index in [1.54, 1.807) is 12.1 Å². The van der Waals surface area contributed by atoms with Crippen molar-refractivity contribution in [2.24, 2.45) is 18.0 Å². The van der Waals surface area contributed by atoms with Gasteiger partial charge in [0.05, 0.1) is 19.2 Å². The predicted octanol–water partition coefficient (Wildman–Crippen LogP) is 3.77. The number of nitrogens with zero attached hydrogens (tertiary/aromatic N) is 2. The molecule has 0 amide bonds. The maximum atomic E-state index is 14.3. The average molecular weight is 372 g/mol. The fourth-order valence-corrected chi connectivity index (χ4v) is 2.83. The van der Waals surface area contributed by atoms with Crippen molar-refractivity contribution in [1.82, 2.24) is 15.2 Å². The van der Waals surface area contributed by atoms with Crippen molar-refractivity contribution in [1.29, 1.82) is 0 Å². The number of benzene rings is 1. The molecular formula is C21H29FN4O. The zero-order valence-corrected chi connectivity index (χ0v) is 16.3. The van der Waals surface area contributed by atoms with Gasteiger partial charge in [-0.25, -0.2) is 9.38 Å². The standard InChI is InChI=1S/C21H29FN4O/c1-4-23-21(24-12-17-9-10-26(3)13-17)25-15(2)18-7-8-20(19(22)11-18)27-14-16-5-6-16/h7-11,13,15-16H,4-6,12,14H2,1-3H3,(H2,23,24,25). The molecule has 5 nitrogen and oxygen atoms in total. The Balaban J connectivity index is 1.61. The second-order valence-electron chi connectivity index (χ2n) is 7.19. The second kappa shape index (κ2) is 8.93. The number of hydrogen-bond acceptors (Lipinski definition) is 2. The van der Waals surface area contributed by atoms with Gasteiger partial charge in [-0.3, -0.25) is 0 Å². The van der Waals surface area contributed by atoms with Crippen LogP contribution in [-0.4, -0.2) is 23.7 Å². The summed E-state index contributed by atoms with van der Waals surface area (Å²) in [5, 5.41) is 6.58. The highest BCUT2D eigenvalue weighted by Gasteiger charge is 2.22. The molecule has 1 fully saturated rings. The van der Waals surface area contributed by atoms with Crippen molar-refractivity contribution in [3.63, 3.8) is 0 Å². The van der Waals surface area contributed by atoms with E-state index in [2.05, 4.69) is 15.6 Å². The van der Waals surface area contributed by atoms with Crippen molar-refractivity contribution in [2.75, 3.05) is 13.2 Å².